The van der Waals surface area contributed by atoms with Gasteiger partial charge in [-0.2, -0.15) is 0 Å². The van der Waals surface area contributed by atoms with E-state index in [-0.39, 0.29) is 12.5 Å². The molecule has 1 aliphatic carbocycles. The van der Waals surface area contributed by atoms with Crippen LogP contribution in [0.15, 0.2) is 0 Å². The zero-order valence-electron chi connectivity index (χ0n) is 8.74. The lowest BCUT2D eigenvalue weighted by Gasteiger charge is -2.21. The molecule has 4 heteroatoms. The molecular formula is C10H19NO3. The van der Waals surface area contributed by atoms with Gasteiger partial charge in [-0.1, -0.05) is 0 Å². The Kier molecular flexibility index (Phi) is 4.90. The number of hydrogen-bond acceptors (Lipinski definition) is 3. The maximum Gasteiger partial charge on any atom is 0.222 e. The first-order valence-electron chi connectivity index (χ1n) is 5.19. The van der Waals surface area contributed by atoms with Crippen LogP contribution in [0.5, 0.6) is 0 Å². The van der Waals surface area contributed by atoms with Gasteiger partial charge in [-0.3, -0.25) is 4.79 Å². The summed E-state index contributed by atoms with van der Waals surface area (Å²) < 4.78 is 4.96. The Labute approximate surface area is 84.8 Å². The van der Waals surface area contributed by atoms with Crippen LogP contribution < -0.4 is 0 Å². The molecule has 0 aliphatic heterocycles. The molecule has 4 nitrogen and oxygen atoms in total. The molecule has 0 aromatic rings. The second kappa shape index (κ2) is 5.98. The Morgan fingerprint density at radius 2 is 2.29 bits per heavy atom. The fourth-order valence-corrected chi connectivity index (χ4v) is 1.46. The molecule has 0 unspecified atom stereocenters. The quantitative estimate of drug-likeness (QED) is 0.648. The van der Waals surface area contributed by atoms with Gasteiger partial charge in [0.05, 0.1) is 6.61 Å². The first kappa shape index (κ1) is 11.5. The summed E-state index contributed by atoms with van der Waals surface area (Å²) >= 11 is 0. The highest BCUT2D eigenvalue weighted by atomic mass is 16.5. The number of aliphatic hydroxyl groups excluding tert-OH is 1. The molecule has 0 aromatic carbocycles. The third kappa shape index (κ3) is 3.64. The van der Waals surface area contributed by atoms with Gasteiger partial charge in [0.2, 0.25) is 5.91 Å². The summed E-state index contributed by atoms with van der Waals surface area (Å²) in [5, 5.41) is 8.63. The van der Waals surface area contributed by atoms with Crippen molar-refractivity contribution in [3.05, 3.63) is 0 Å². The van der Waals surface area contributed by atoms with Crippen LogP contribution >= 0.6 is 0 Å². The van der Waals surface area contributed by atoms with Crippen molar-refractivity contribution in [2.75, 3.05) is 26.9 Å². The number of carbonyl (C=O) groups is 1. The zero-order chi connectivity index (χ0) is 10.4. The van der Waals surface area contributed by atoms with Crippen LogP contribution in [-0.2, 0) is 9.53 Å². The van der Waals surface area contributed by atoms with E-state index in [2.05, 4.69) is 0 Å². The Bertz CT molecular complexity index is 180. The second-order valence-electron chi connectivity index (χ2n) is 3.64. The minimum atomic E-state index is 0.0918. The molecule has 14 heavy (non-hydrogen) atoms. The number of amides is 1. The minimum absolute atomic E-state index is 0.0918. The Morgan fingerprint density at radius 3 is 2.79 bits per heavy atom. The molecule has 1 amide bonds. The fourth-order valence-electron chi connectivity index (χ4n) is 1.46. The molecule has 0 saturated heterocycles. The summed E-state index contributed by atoms with van der Waals surface area (Å²) in [5.74, 6) is 0.151. The fraction of sp³-hybridized carbons (Fsp3) is 0.900. The van der Waals surface area contributed by atoms with Crippen molar-refractivity contribution >= 4 is 5.91 Å². The van der Waals surface area contributed by atoms with Crippen molar-refractivity contribution in [3.63, 3.8) is 0 Å². The first-order valence-corrected chi connectivity index (χ1v) is 5.19. The van der Waals surface area contributed by atoms with E-state index in [9.17, 15) is 4.79 Å². The van der Waals surface area contributed by atoms with Gasteiger partial charge in [-0.25, -0.2) is 0 Å². The van der Waals surface area contributed by atoms with E-state index in [0.29, 0.717) is 32.0 Å². The smallest absolute Gasteiger partial charge is 0.222 e. The first-order chi connectivity index (χ1) is 6.79. The minimum Gasteiger partial charge on any atom is -0.396 e. The molecule has 0 heterocycles. The Balaban J connectivity index is 2.28. The Hall–Kier alpha value is -0.610. The number of hydrogen-bond donors (Lipinski definition) is 1. The normalized spacial score (nSPS) is 15.6. The van der Waals surface area contributed by atoms with Crippen LogP contribution in [0.1, 0.15) is 25.7 Å². The van der Waals surface area contributed by atoms with Gasteiger partial charge >= 0.3 is 0 Å². The van der Waals surface area contributed by atoms with Gasteiger partial charge < -0.3 is 14.7 Å². The van der Waals surface area contributed by atoms with Crippen LogP contribution in [-0.4, -0.2) is 48.8 Å². The molecule has 0 spiro atoms. The number of carbonyl (C=O) groups excluding carboxylic acids is 1. The van der Waals surface area contributed by atoms with E-state index in [1.165, 1.54) is 0 Å². The van der Waals surface area contributed by atoms with Gasteiger partial charge in [0, 0.05) is 32.7 Å². The van der Waals surface area contributed by atoms with Crippen LogP contribution in [0, 0.1) is 0 Å². The third-order valence-corrected chi connectivity index (χ3v) is 2.39. The van der Waals surface area contributed by atoms with Gasteiger partial charge in [0.25, 0.3) is 0 Å². The number of nitrogens with zero attached hydrogens (tertiary/aromatic N) is 1. The van der Waals surface area contributed by atoms with Crippen molar-refractivity contribution in [2.45, 2.75) is 31.7 Å². The molecule has 1 rings (SSSR count). The average Bonchev–Trinajstić information content (AvgIpc) is 2.99. The van der Waals surface area contributed by atoms with E-state index in [1.54, 1.807) is 7.11 Å². The average molecular weight is 201 g/mol. The number of rotatable bonds is 7. The summed E-state index contributed by atoms with van der Waals surface area (Å²) in [4.78, 5) is 13.5. The summed E-state index contributed by atoms with van der Waals surface area (Å²) in [6, 6.07) is 0.441. The van der Waals surface area contributed by atoms with E-state index >= 15 is 0 Å². The van der Waals surface area contributed by atoms with Crippen molar-refractivity contribution in [3.8, 4) is 0 Å². The second-order valence-corrected chi connectivity index (χ2v) is 3.64. The molecule has 0 radical (unpaired) electrons. The topological polar surface area (TPSA) is 49.8 Å². The van der Waals surface area contributed by atoms with Crippen LogP contribution in [0.3, 0.4) is 0 Å². The van der Waals surface area contributed by atoms with E-state index in [4.69, 9.17) is 9.84 Å². The maximum atomic E-state index is 11.6. The van der Waals surface area contributed by atoms with Gasteiger partial charge in [-0.05, 0) is 19.3 Å². The van der Waals surface area contributed by atoms with Gasteiger partial charge in [-0.15, -0.1) is 0 Å². The van der Waals surface area contributed by atoms with Gasteiger partial charge in [0.15, 0.2) is 0 Å². The summed E-state index contributed by atoms with van der Waals surface area (Å²) in [7, 11) is 1.64. The number of ether oxygens (including phenoxy) is 1. The van der Waals surface area contributed by atoms with Crippen molar-refractivity contribution < 1.29 is 14.6 Å². The predicted molar refractivity (Wildman–Crippen MR) is 52.9 cm³/mol. The molecule has 0 bridgehead atoms. The Morgan fingerprint density at radius 1 is 1.57 bits per heavy atom. The standard InChI is InChI=1S/C10H19NO3/c1-14-8-6-11(9-4-5-9)10(13)3-2-7-12/h9,12H,2-8H2,1H3. The van der Waals surface area contributed by atoms with Crippen LogP contribution in [0.25, 0.3) is 0 Å². The lowest BCUT2D eigenvalue weighted by atomic mass is 10.3. The number of methoxy groups -OCH3 is 1. The molecule has 0 atom stereocenters. The molecule has 1 N–H and O–H groups in total. The highest BCUT2D eigenvalue weighted by Crippen LogP contribution is 2.27. The van der Waals surface area contributed by atoms with Gasteiger partial charge in [0.1, 0.15) is 0 Å². The summed E-state index contributed by atoms with van der Waals surface area (Å²) in [5.41, 5.74) is 0. The SMILES string of the molecule is COCCN(C(=O)CCCO)C1CC1. The lowest BCUT2D eigenvalue weighted by Crippen LogP contribution is -2.35. The highest BCUT2D eigenvalue weighted by molar-refractivity contribution is 5.76. The molecule has 0 aromatic heterocycles. The third-order valence-electron chi connectivity index (χ3n) is 2.39. The van der Waals surface area contributed by atoms with E-state index in [1.807, 2.05) is 4.90 Å². The highest BCUT2D eigenvalue weighted by Gasteiger charge is 2.31. The van der Waals surface area contributed by atoms with Crippen molar-refractivity contribution in [2.24, 2.45) is 0 Å². The number of aliphatic hydroxyl groups is 1. The summed E-state index contributed by atoms with van der Waals surface area (Å²) in [6.07, 6.45) is 3.26. The monoisotopic (exact) mass is 201 g/mol. The molecular weight excluding hydrogens is 182 g/mol. The van der Waals surface area contributed by atoms with E-state index < -0.39 is 0 Å². The zero-order valence-corrected chi connectivity index (χ0v) is 8.74. The van der Waals surface area contributed by atoms with Crippen molar-refractivity contribution in [1.29, 1.82) is 0 Å². The maximum absolute atomic E-state index is 11.6. The molecule has 82 valence electrons. The van der Waals surface area contributed by atoms with Crippen molar-refractivity contribution in [1.82, 2.24) is 4.90 Å². The lowest BCUT2D eigenvalue weighted by molar-refractivity contribution is -0.132. The molecule has 1 aliphatic rings. The summed E-state index contributed by atoms with van der Waals surface area (Å²) in [6.45, 7) is 1.38. The molecule has 1 fully saturated rings. The largest absolute Gasteiger partial charge is 0.396 e. The van der Waals surface area contributed by atoms with E-state index in [0.717, 1.165) is 12.8 Å². The van der Waals surface area contributed by atoms with Crippen LogP contribution in [0.4, 0.5) is 0 Å². The van der Waals surface area contributed by atoms with Crippen LogP contribution in [0.2, 0.25) is 0 Å². The predicted octanol–water partition coefficient (Wildman–Crippen LogP) is 0.396. The molecule has 1 saturated carbocycles.